The molecule has 19 heavy (non-hydrogen) atoms. The summed E-state index contributed by atoms with van der Waals surface area (Å²) in [6.45, 7) is 3.89. The second-order valence-corrected chi connectivity index (χ2v) is 4.26. The number of benzene rings is 1. The van der Waals surface area contributed by atoms with Gasteiger partial charge in [-0.3, -0.25) is 4.98 Å². The largest absolute Gasteiger partial charge is 0.370 e. The number of fused-ring (bicyclic) bond motifs is 1. The Morgan fingerprint density at radius 3 is 2.47 bits per heavy atom. The molecule has 1 aromatic carbocycles. The van der Waals surface area contributed by atoms with Crippen molar-refractivity contribution >= 4 is 28.5 Å². The Bertz CT molecular complexity index is 683. The number of aromatic nitrogens is 1. The molecule has 6 heteroatoms. The van der Waals surface area contributed by atoms with Crippen LogP contribution in [0.25, 0.3) is 10.9 Å². The van der Waals surface area contributed by atoms with E-state index in [0.29, 0.717) is 0 Å². The molecular weight excluding hydrogens is 240 g/mol. The quantitative estimate of drug-likeness (QED) is 0.522. The van der Waals surface area contributed by atoms with Gasteiger partial charge in [-0.15, -0.1) is 0 Å². The van der Waals surface area contributed by atoms with Gasteiger partial charge in [0, 0.05) is 11.1 Å². The molecule has 0 unspecified atom stereocenters. The Hall–Kier alpha value is -2.63. The molecule has 2 aromatic rings. The lowest BCUT2D eigenvalue weighted by molar-refractivity contribution is 1.25. The van der Waals surface area contributed by atoms with E-state index in [9.17, 15) is 0 Å². The fourth-order valence-electron chi connectivity index (χ4n) is 1.82. The Labute approximate surface area is 111 Å². The number of hydrogen-bond donors (Lipinski definition) is 3. The fraction of sp³-hybridized carbons (Fsp3) is 0.154. The number of guanidine groups is 2. The summed E-state index contributed by atoms with van der Waals surface area (Å²) in [6.07, 6.45) is 0. The van der Waals surface area contributed by atoms with Crippen LogP contribution in [-0.2, 0) is 0 Å². The Kier molecular flexibility index (Phi) is 3.33. The van der Waals surface area contributed by atoms with E-state index >= 15 is 0 Å². The van der Waals surface area contributed by atoms with Gasteiger partial charge in [0.25, 0.3) is 0 Å². The minimum absolute atomic E-state index is 0.0242. The Morgan fingerprint density at radius 2 is 1.79 bits per heavy atom. The highest BCUT2D eigenvalue weighted by Crippen LogP contribution is 2.29. The van der Waals surface area contributed by atoms with E-state index < -0.39 is 0 Å². The van der Waals surface area contributed by atoms with Crippen molar-refractivity contribution in [2.24, 2.45) is 27.2 Å². The molecule has 0 saturated carbocycles. The summed E-state index contributed by atoms with van der Waals surface area (Å²) in [4.78, 5) is 12.4. The normalized spacial score (nSPS) is 11.6. The average molecular weight is 256 g/mol. The zero-order valence-corrected chi connectivity index (χ0v) is 10.9. The number of hydrogen-bond acceptors (Lipinski definition) is 2. The molecule has 0 spiro atoms. The van der Waals surface area contributed by atoms with Crippen molar-refractivity contribution in [1.29, 1.82) is 0 Å². The van der Waals surface area contributed by atoms with Crippen LogP contribution in [0, 0.1) is 13.8 Å². The van der Waals surface area contributed by atoms with E-state index in [-0.39, 0.29) is 11.9 Å². The zero-order valence-electron chi connectivity index (χ0n) is 10.9. The van der Waals surface area contributed by atoms with E-state index in [4.69, 9.17) is 17.2 Å². The third-order valence-corrected chi connectivity index (χ3v) is 2.65. The smallest absolute Gasteiger partial charge is 0.223 e. The van der Waals surface area contributed by atoms with Gasteiger partial charge in [-0.2, -0.15) is 4.99 Å². The summed E-state index contributed by atoms with van der Waals surface area (Å²) in [5, 5.41) is 0.916. The third-order valence-electron chi connectivity index (χ3n) is 2.65. The fourth-order valence-corrected chi connectivity index (χ4v) is 1.82. The molecule has 0 amide bonds. The predicted octanol–water partition coefficient (Wildman–Crippen LogP) is 1.07. The van der Waals surface area contributed by atoms with Crippen molar-refractivity contribution in [3.05, 3.63) is 35.5 Å². The van der Waals surface area contributed by atoms with Crippen molar-refractivity contribution in [3.63, 3.8) is 0 Å². The topological polar surface area (TPSA) is 116 Å². The third kappa shape index (κ3) is 2.79. The van der Waals surface area contributed by atoms with Gasteiger partial charge in [0.1, 0.15) is 0 Å². The molecule has 0 aliphatic heterocycles. The molecule has 0 radical (unpaired) electrons. The summed E-state index contributed by atoms with van der Waals surface area (Å²) in [5.41, 5.74) is 19.7. The molecule has 98 valence electrons. The van der Waals surface area contributed by atoms with E-state index in [1.165, 1.54) is 0 Å². The van der Waals surface area contributed by atoms with E-state index in [0.717, 1.165) is 27.8 Å². The first kappa shape index (κ1) is 12.8. The van der Waals surface area contributed by atoms with Crippen LogP contribution in [0.1, 0.15) is 11.3 Å². The van der Waals surface area contributed by atoms with Crippen LogP contribution < -0.4 is 17.2 Å². The molecule has 6 nitrogen and oxygen atoms in total. The van der Waals surface area contributed by atoms with E-state index in [2.05, 4.69) is 15.0 Å². The number of pyridine rings is 1. The van der Waals surface area contributed by atoms with Crippen molar-refractivity contribution < 1.29 is 0 Å². The number of nitrogens with zero attached hydrogens (tertiary/aromatic N) is 3. The van der Waals surface area contributed by atoms with Crippen LogP contribution in [0.3, 0.4) is 0 Å². The van der Waals surface area contributed by atoms with Gasteiger partial charge in [0.2, 0.25) is 5.96 Å². The molecule has 2 rings (SSSR count). The molecule has 0 bridgehead atoms. The SMILES string of the molecule is Cc1ccc2c(N=C(N)N=C(N)N)c(C)ccc2n1. The maximum atomic E-state index is 5.68. The number of aryl methyl sites for hydroxylation is 2. The summed E-state index contributed by atoms with van der Waals surface area (Å²) < 4.78 is 0. The maximum absolute atomic E-state index is 5.68. The van der Waals surface area contributed by atoms with Crippen LogP contribution >= 0.6 is 0 Å². The minimum Gasteiger partial charge on any atom is -0.370 e. The Morgan fingerprint density at radius 1 is 1.05 bits per heavy atom. The zero-order chi connectivity index (χ0) is 14.0. The molecule has 1 heterocycles. The van der Waals surface area contributed by atoms with Gasteiger partial charge >= 0.3 is 0 Å². The van der Waals surface area contributed by atoms with Gasteiger partial charge in [0.15, 0.2) is 5.96 Å². The molecular formula is C13H16N6. The summed E-state index contributed by atoms with van der Waals surface area (Å²) in [6, 6.07) is 7.79. The first-order chi connectivity index (χ1) is 8.97. The standard InChI is InChI=1S/C13H16N6/c1-7-3-6-10-9(5-4-8(2)17-10)11(7)18-13(16)19-12(14)15/h3-6H,1-2H3,(H6,14,15,16,18,19). The Balaban J connectivity index is 2.65. The first-order valence-electron chi connectivity index (χ1n) is 5.78. The number of rotatable bonds is 1. The van der Waals surface area contributed by atoms with Crippen molar-refractivity contribution in [3.8, 4) is 0 Å². The highest BCUT2D eigenvalue weighted by Gasteiger charge is 2.06. The van der Waals surface area contributed by atoms with Gasteiger partial charge < -0.3 is 17.2 Å². The van der Waals surface area contributed by atoms with Gasteiger partial charge in [-0.05, 0) is 37.6 Å². The van der Waals surface area contributed by atoms with Crippen LogP contribution in [0.4, 0.5) is 5.69 Å². The van der Waals surface area contributed by atoms with Crippen molar-refractivity contribution in [2.45, 2.75) is 13.8 Å². The van der Waals surface area contributed by atoms with Crippen molar-refractivity contribution in [1.82, 2.24) is 4.98 Å². The monoisotopic (exact) mass is 256 g/mol. The van der Waals surface area contributed by atoms with Crippen LogP contribution in [0.15, 0.2) is 34.3 Å². The van der Waals surface area contributed by atoms with Gasteiger partial charge in [-0.1, -0.05) is 6.07 Å². The lowest BCUT2D eigenvalue weighted by Gasteiger charge is -2.06. The lowest BCUT2D eigenvalue weighted by atomic mass is 10.1. The number of aliphatic imine (C=N–C) groups is 2. The average Bonchev–Trinajstić information content (AvgIpc) is 2.32. The molecule has 1 aromatic heterocycles. The van der Waals surface area contributed by atoms with E-state index in [1.807, 2.05) is 38.1 Å². The maximum Gasteiger partial charge on any atom is 0.223 e. The second kappa shape index (κ2) is 4.93. The number of nitrogens with two attached hydrogens (primary N) is 3. The lowest BCUT2D eigenvalue weighted by Crippen LogP contribution is -2.26. The van der Waals surface area contributed by atoms with Gasteiger partial charge in [0.05, 0.1) is 11.2 Å². The molecule has 0 fully saturated rings. The second-order valence-electron chi connectivity index (χ2n) is 4.26. The van der Waals surface area contributed by atoms with Crippen LogP contribution in [-0.4, -0.2) is 16.9 Å². The molecule has 0 saturated heterocycles. The first-order valence-corrected chi connectivity index (χ1v) is 5.78. The highest BCUT2D eigenvalue weighted by molar-refractivity contribution is 5.98. The predicted molar refractivity (Wildman–Crippen MR) is 78.3 cm³/mol. The highest BCUT2D eigenvalue weighted by atomic mass is 15.1. The molecule has 0 aliphatic rings. The van der Waals surface area contributed by atoms with Gasteiger partial charge in [-0.25, -0.2) is 4.99 Å². The van der Waals surface area contributed by atoms with E-state index in [1.54, 1.807) is 0 Å². The molecule has 0 aliphatic carbocycles. The summed E-state index contributed by atoms with van der Waals surface area (Å²) >= 11 is 0. The van der Waals surface area contributed by atoms with Crippen LogP contribution in [0.2, 0.25) is 0 Å². The molecule has 0 atom stereocenters. The van der Waals surface area contributed by atoms with Crippen molar-refractivity contribution in [2.75, 3.05) is 0 Å². The minimum atomic E-state index is -0.117. The molecule has 6 N–H and O–H groups in total. The van der Waals surface area contributed by atoms with Crippen LogP contribution in [0.5, 0.6) is 0 Å². The summed E-state index contributed by atoms with van der Waals surface area (Å²) in [7, 11) is 0. The summed E-state index contributed by atoms with van der Waals surface area (Å²) in [5.74, 6) is -0.0933.